The molecule has 8 heteroatoms. The summed E-state index contributed by atoms with van der Waals surface area (Å²) in [5.74, 6) is 1.44. The number of aryl methyl sites for hydroxylation is 2. The molecule has 1 aliphatic rings. The molecular formula is C17H20N6O2. The molecule has 3 aromatic rings. The fourth-order valence-corrected chi connectivity index (χ4v) is 3.07. The van der Waals surface area contributed by atoms with Crippen LogP contribution in [0.1, 0.15) is 29.0 Å². The van der Waals surface area contributed by atoms with Crippen molar-refractivity contribution in [2.75, 3.05) is 19.7 Å². The summed E-state index contributed by atoms with van der Waals surface area (Å²) < 4.78 is 7.36. The maximum absolute atomic E-state index is 12.3. The van der Waals surface area contributed by atoms with Gasteiger partial charge in [0.1, 0.15) is 17.6 Å². The van der Waals surface area contributed by atoms with E-state index in [-0.39, 0.29) is 11.7 Å². The summed E-state index contributed by atoms with van der Waals surface area (Å²) in [6.45, 7) is 6.48. The van der Waals surface area contributed by atoms with Gasteiger partial charge in [-0.2, -0.15) is 5.10 Å². The smallest absolute Gasteiger partial charge is 0.258 e. The molecule has 0 radical (unpaired) electrons. The molecule has 1 N–H and O–H groups in total. The lowest BCUT2D eigenvalue weighted by atomic mass is 10.2. The lowest BCUT2D eigenvalue weighted by Crippen LogP contribution is -2.38. The molecule has 0 aromatic carbocycles. The zero-order chi connectivity index (χ0) is 17.4. The third-order valence-corrected chi connectivity index (χ3v) is 4.30. The first kappa shape index (κ1) is 15.9. The summed E-state index contributed by atoms with van der Waals surface area (Å²) in [4.78, 5) is 23.5. The van der Waals surface area contributed by atoms with Crippen molar-refractivity contribution in [3.8, 4) is 0 Å². The summed E-state index contributed by atoms with van der Waals surface area (Å²) in [7, 11) is 0. The Balaban J connectivity index is 1.54. The van der Waals surface area contributed by atoms with Crippen LogP contribution in [0.3, 0.4) is 0 Å². The Kier molecular flexibility index (Phi) is 4.06. The van der Waals surface area contributed by atoms with E-state index >= 15 is 0 Å². The van der Waals surface area contributed by atoms with Crippen LogP contribution < -0.4 is 5.56 Å². The van der Waals surface area contributed by atoms with Gasteiger partial charge >= 0.3 is 0 Å². The van der Waals surface area contributed by atoms with Gasteiger partial charge in [-0.15, -0.1) is 0 Å². The highest BCUT2D eigenvalue weighted by atomic mass is 16.5. The molecule has 3 aromatic heterocycles. The molecule has 0 spiro atoms. The number of fused-ring (bicyclic) bond motifs is 1. The highest BCUT2D eigenvalue weighted by Crippen LogP contribution is 2.20. The maximum Gasteiger partial charge on any atom is 0.258 e. The lowest BCUT2D eigenvalue weighted by Gasteiger charge is -2.31. The van der Waals surface area contributed by atoms with Crippen LogP contribution in [-0.4, -0.2) is 49.2 Å². The van der Waals surface area contributed by atoms with E-state index in [2.05, 4.69) is 25.1 Å². The molecule has 130 valence electrons. The Labute approximate surface area is 144 Å². The first-order chi connectivity index (χ1) is 12.1. The van der Waals surface area contributed by atoms with Crippen molar-refractivity contribution in [3.63, 3.8) is 0 Å². The molecule has 8 nitrogen and oxygen atoms in total. The van der Waals surface area contributed by atoms with E-state index in [0.717, 1.165) is 23.6 Å². The van der Waals surface area contributed by atoms with Crippen molar-refractivity contribution in [1.82, 2.24) is 29.5 Å². The number of nitrogens with zero attached hydrogens (tertiary/aromatic N) is 5. The number of hydrogen-bond acceptors (Lipinski definition) is 6. The van der Waals surface area contributed by atoms with Gasteiger partial charge in [0.15, 0.2) is 5.82 Å². The Morgan fingerprint density at radius 2 is 2.20 bits per heavy atom. The van der Waals surface area contributed by atoms with Crippen LogP contribution in [0, 0.1) is 13.8 Å². The predicted octanol–water partition coefficient (Wildman–Crippen LogP) is 1.00. The van der Waals surface area contributed by atoms with Crippen LogP contribution in [0.5, 0.6) is 0 Å². The molecule has 25 heavy (non-hydrogen) atoms. The van der Waals surface area contributed by atoms with E-state index in [4.69, 9.17) is 4.74 Å². The molecule has 0 aliphatic carbocycles. The monoisotopic (exact) mass is 340 g/mol. The third-order valence-electron chi connectivity index (χ3n) is 4.30. The van der Waals surface area contributed by atoms with Gasteiger partial charge in [-0.3, -0.25) is 19.2 Å². The average Bonchev–Trinajstić information content (AvgIpc) is 3.02. The van der Waals surface area contributed by atoms with Crippen molar-refractivity contribution in [1.29, 1.82) is 0 Å². The fraction of sp³-hybridized carbons (Fsp3) is 0.412. The van der Waals surface area contributed by atoms with Gasteiger partial charge in [-0.25, -0.2) is 9.97 Å². The second-order valence-corrected chi connectivity index (χ2v) is 6.39. The number of H-pyrrole nitrogens is 1. The van der Waals surface area contributed by atoms with Crippen molar-refractivity contribution in [2.24, 2.45) is 0 Å². The molecule has 1 aliphatic heterocycles. The van der Waals surface area contributed by atoms with Gasteiger partial charge in [0.25, 0.3) is 5.56 Å². The molecular weight excluding hydrogens is 320 g/mol. The molecule has 0 amide bonds. The molecule has 1 atom stereocenters. The summed E-state index contributed by atoms with van der Waals surface area (Å²) >= 11 is 0. The van der Waals surface area contributed by atoms with Crippen LogP contribution in [0.2, 0.25) is 0 Å². The zero-order valence-corrected chi connectivity index (χ0v) is 14.3. The molecule has 1 fully saturated rings. The zero-order valence-electron chi connectivity index (χ0n) is 14.3. The summed E-state index contributed by atoms with van der Waals surface area (Å²) in [5.41, 5.74) is 2.41. The van der Waals surface area contributed by atoms with Gasteiger partial charge < -0.3 is 4.74 Å². The van der Waals surface area contributed by atoms with Crippen LogP contribution in [-0.2, 0) is 11.3 Å². The number of rotatable bonds is 3. The number of morpholine rings is 1. The van der Waals surface area contributed by atoms with E-state index in [1.807, 2.05) is 32.2 Å². The van der Waals surface area contributed by atoms with E-state index in [9.17, 15) is 4.79 Å². The molecule has 4 rings (SSSR count). The van der Waals surface area contributed by atoms with Gasteiger partial charge in [0, 0.05) is 31.9 Å². The normalized spacial score (nSPS) is 18.7. The standard InChI is InChI=1S/C17H20N6O2/c1-11-3-4-15-19-13(7-16(24)23(15)8-11)9-22-5-6-25-14(10-22)17-18-12(2)20-21-17/h3-4,7-8,14H,5-6,9-10H2,1-2H3,(H,18,20,21). The predicted molar refractivity (Wildman–Crippen MR) is 91.3 cm³/mol. The van der Waals surface area contributed by atoms with Gasteiger partial charge in [0.05, 0.1) is 12.3 Å². The Hall–Kier alpha value is -2.58. The number of hydrogen-bond donors (Lipinski definition) is 1. The molecule has 0 saturated carbocycles. The average molecular weight is 340 g/mol. The highest BCUT2D eigenvalue weighted by molar-refractivity contribution is 5.39. The summed E-state index contributed by atoms with van der Waals surface area (Å²) in [6.07, 6.45) is 1.65. The first-order valence-electron chi connectivity index (χ1n) is 8.30. The van der Waals surface area contributed by atoms with E-state index in [0.29, 0.717) is 31.2 Å². The second kappa shape index (κ2) is 6.38. The largest absolute Gasteiger partial charge is 0.367 e. The Bertz CT molecular complexity index is 963. The van der Waals surface area contributed by atoms with Crippen molar-refractivity contribution in [3.05, 3.63) is 57.7 Å². The number of aromatic nitrogens is 5. The van der Waals surface area contributed by atoms with Crippen molar-refractivity contribution < 1.29 is 4.74 Å². The van der Waals surface area contributed by atoms with Gasteiger partial charge in [-0.1, -0.05) is 6.07 Å². The van der Waals surface area contributed by atoms with Crippen molar-refractivity contribution >= 4 is 5.65 Å². The minimum atomic E-state index is -0.164. The van der Waals surface area contributed by atoms with E-state index < -0.39 is 0 Å². The summed E-state index contributed by atoms with van der Waals surface area (Å²) in [5, 5.41) is 7.03. The first-order valence-corrected chi connectivity index (χ1v) is 8.30. The quantitative estimate of drug-likeness (QED) is 0.765. The molecule has 1 saturated heterocycles. The van der Waals surface area contributed by atoms with Crippen LogP contribution >= 0.6 is 0 Å². The van der Waals surface area contributed by atoms with Crippen LogP contribution in [0.4, 0.5) is 0 Å². The lowest BCUT2D eigenvalue weighted by molar-refractivity contribution is -0.0374. The topological polar surface area (TPSA) is 88.4 Å². The maximum atomic E-state index is 12.3. The van der Waals surface area contributed by atoms with Gasteiger partial charge in [-0.05, 0) is 25.5 Å². The Morgan fingerprint density at radius 1 is 1.32 bits per heavy atom. The van der Waals surface area contributed by atoms with Crippen molar-refractivity contribution in [2.45, 2.75) is 26.5 Å². The SMILES string of the molecule is Cc1ccc2nc(CN3CCOC(c4n[nH]c(C)n4)C3)cc(=O)n2c1. The van der Waals surface area contributed by atoms with E-state index in [1.54, 1.807) is 10.5 Å². The van der Waals surface area contributed by atoms with Gasteiger partial charge in [0.2, 0.25) is 0 Å². The molecule has 1 unspecified atom stereocenters. The van der Waals surface area contributed by atoms with Crippen LogP contribution in [0.15, 0.2) is 29.2 Å². The number of aromatic amines is 1. The summed E-state index contributed by atoms with van der Waals surface area (Å²) in [6, 6.07) is 5.44. The third kappa shape index (κ3) is 3.31. The molecule has 0 bridgehead atoms. The minimum Gasteiger partial charge on any atom is -0.367 e. The fourth-order valence-electron chi connectivity index (χ4n) is 3.07. The minimum absolute atomic E-state index is 0.0573. The number of ether oxygens (including phenoxy) is 1. The highest BCUT2D eigenvalue weighted by Gasteiger charge is 2.25. The molecule has 4 heterocycles. The number of nitrogens with one attached hydrogen (secondary N) is 1. The van der Waals surface area contributed by atoms with Crippen LogP contribution in [0.25, 0.3) is 5.65 Å². The Morgan fingerprint density at radius 3 is 3.00 bits per heavy atom. The number of pyridine rings is 1. The van der Waals surface area contributed by atoms with E-state index in [1.165, 1.54) is 0 Å². The second-order valence-electron chi connectivity index (χ2n) is 6.39.